The number of halogens is 1. The molecule has 1 rings (SSSR count). The molecule has 1 unspecified atom stereocenters. The highest BCUT2D eigenvalue weighted by Gasteiger charge is 2.12. The van der Waals surface area contributed by atoms with Gasteiger partial charge in [0.1, 0.15) is 5.75 Å². The molecule has 4 nitrogen and oxygen atoms in total. The first-order valence-corrected chi connectivity index (χ1v) is 7.33. The Labute approximate surface area is 125 Å². The lowest BCUT2D eigenvalue weighted by atomic mass is 10.2. The fourth-order valence-corrected chi connectivity index (χ4v) is 1.80. The Morgan fingerprint density at radius 2 is 2.05 bits per heavy atom. The number of nitrogens with one attached hydrogen (secondary N) is 1. The second-order valence-electron chi connectivity index (χ2n) is 4.51. The number of unbranched alkanes of at least 4 members (excludes halogenated alkanes) is 1. The van der Waals surface area contributed by atoms with Gasteiger partial charge in [0, 0.05) is 18.6 Å². The van der Waals surface area contributed by atoms with Crippen molar-refractivity contribution in [3.8, 4) is 5.75 Å². The van der Waals surface area contributed by atoms with Crippen molar-refractivity contribution in [3.63, 3.8) is 0 Å². The number of hydrogen-bond acceptors (Lipinski definition) is 3. The quantitative estimate of drug-likeness (QED) is 0.563. The molecule has 0 saturated heterocycles. The Morgan fingerprint density at radius 1 is 1.35 bits per heavy atom. The predicted molar refractivity (Wildman–Crippen MR) is 80.7 cm³/mol. The van der Waals surface area contributed by atoms with Gasteiger partial charge >= 0.3 is 0 Å². The number of methoxy groups -OCH3 is 1. The minimum Gasteiger partial charge on any atom is -0.494 e. The van der Waals surface area contributed by atoms with E-state index in [1.807, 2.05) is 0 Å². The third-order valence-corrected chi connectivity index (χ3v) is 3.14. The average Bonchev–Trinajstić information content (AvgIpc) is 2.47. The maximum Gasteiger partial charge on any atom is 0.251 e. The zero-order chi connectivity index (χ0) is 14.8. The van der Waals surface area contributed by atoms with Crippen LogP contribution in [0.1, 0.15) is 30.1 Å². The summed E-state index contributed by atoms with van der Waals surface area (Å²) in [5, 5.41) is 2.82. The van der Waals surface area contributed by atoms with Crippen LogP contribution in [-0.2, 0) is 4.74 Å². The molecule has 20 heavy (non-hydrogen) atoms. The van der Waals surface area contributed by atoms with Gasteiger partial charge in [0.05, 0.1) is 19.3 Å². The minimum atomic E-state index is -0.186. The van der Waals surface area contributed by atoms with Crippen molar-refractivity contribution in [2.75, 3.05) is 26.2 Å². The van der Waals surface area contributed by atoms with Crippen LogP contribution in [0.5, 0.6) is 5.75 Å². The highest BCUT2D eigenvalue weighted by molar-refractivity contribution is 6.18. The second kappa shape index (κ2) is 9.61. The lowest BCUT2D eigenvalue weighted by Crippen LogP contribution is -2.39. The van der Waals surface area contributed by atoms with Crippen LogP contribution in [0.4, 0.5) is 0 Å². The van der Waals surface area contributed by atoms with E-state index in [-0.39, 0.29) is 11.9 Å². The van der Waals surface area contributed by atoms with Crippen LogP contribution in [0.2, 0.25) is 0 Å². The van der Waals surface area contributed by atoms with Crippen LogP contribution in [0.3, 0.4) is 0 Å². The lowest BCUT2D eigenvalue weighted by molar-refractivity contribution is 0.0907. The molecule has 0 aromatic heterocycles. The molecule has 0 spiro atoms. The lowest BCUT2D eigenvalue weighted by Gasteiger charge is -2.15. The van der Waals surface area contributed by atoms with Gasteiger partial charge in [0.2, 0.25) is 0 Å². The van der Waals surface area contributed by atoms with Crippen LogP contribution in [-0.4, -0.2) is 38.2 Å². The summed E-state index contributed by atoms with van der Waals surface area (Å²) < 4.78 is 10.5. The second-order valence-corrected chi connectivity index (χ2v) is 4.82. The van der Waals surface area contributed by atoms with Crippen molar-refractivity contribution >= 4 is 17.5 Å². The molecular weight excluding hydrogens is 278 g/mol. The van der Waals surface area contributed by atoms with E-state index in [2.05, 4.69) is 12.2 Å². The van der Waals surface area contributed by atoms with Gasteiger partial charge in [-0.1, -0.05) is 13.3 Å². The topological polar surface area (TPSA) is 47.6 Å². The Bertz CT molecular complexity index is 395. The number of alkyl halides is 1. The molecule has 0 heterocycles. The smallest absolute Gasteiger partial charge is 0.251 e. The van der Waals surface area contributed by atoms with Gasteiger partial charge in [0.25, 0.3) is 5.91 Å². The van der Waals surface area contributed by atoms with E-state index in [0.29, 0.717) is 24.7 Å². The predicted octanol–water partition coefficient (Wildman–Crippen LogP) is 2.85. The van der Waals surface area contributed by atoms with E-state index in [9.17, 15) is 4.79 Å². The minimum absolute atomic E-state index is 0.159. The van der Waals surface area contributed by atoms with Crippen LogP contribution in [0, 0.1) is 0 Å². The summed E-state index contributed by atoms with van der Waals surface area (Å²) in [5.41, 5.74) is 0.582. The van der Waals surface area contributed by atoms with E-state index in [1.165, 1.54) is 0 Å². The third-order valence-electron chi connectivity index (χ3n) is 2.77. The van der Waals surface area contributed by atoms with Gasteiger partial charge in [-0.15, -0.1) is 11.6 Å². The summed E-state index contributed by atoms with van der Waals surface area (Å²) in [6.07, 6.45) is 2.12. The van der Waals surface area contributed by atoms with Crippen molar-refractivity contribution in [2.24, 2.45) is 0 Å². The molecule has 1 aromatic rings. The molecule has 1 N–H and O–H groups in total. The van der Waals surface area contributed by atoms with Crippen LogP contribution < -0.4 is 10.1 Å². The molecule has 0 radical (unpaired) electrons. The highest BCUT2D eigenvalue weighted by Crippen LogP contribution is 2.13. The van der Waals surface area contributed by atoms with Gasteiger partial charge in [-0.25, -0.2) is 0 Å². The zero-order valence-corrected chi connectivity index (χ0v) is 12.8. The molecule has 0 aliphatic carbocycles. The zero-order valence-electron chi connectivity index (χ0n) is 12.0. The molecule has 0 aliphatic rings. The van der Waals surface area contributed by atoms with Crippen LogP contribution in [0.25, 0.3) is 0 Å². The molecule has 1 amide bonds. The number of ether oxygens (including phenoxy) is 2. The van der Waals surface area contributed by atoms with Gasteiger partial charge < -0.3 is 14.8 Å². The standard InChI is InChI=1S/C15H22ClNO3/c1-3-4-9-20-14-7-5-12(6-8-14)15(18)17-13(10-16)11-19-2/h5-8,13H,3-4,9-11H2,1-2H3,(H,17,18). The number of hydrogen-bond donors (Lipinski definition) is 1. The normalized spacial score (nSPS) is 11.9. The molecule has 0 aliphatic heterocycles. The maximum absolute atomic E-state index is 12.0. The largest absolute Gasteiger partial charge is 0.494 e. The van der Waals surface area contributed by atoms with Crippen molar-refractivity contribution in [3.05, 3.63) is 29.8 Å². The van der Waals surface area contributed by atoms with E-state index in [0.717, 1.165) is 18.6 Å². The molecule has 5 heteroatoms. The van der Waals surface area contributed by atoms with Crippen molar-refractivity contribution in [1.29, 1.82) is 0 Å². The van der Waals surface area contributed by atoms with E-state index in [1.54, 1.807) is 31.4 Å². The van der Waals surface area contributed by atoms with E-state index < -0.39 is 0 Å². The van der Waals surface area contributed by atoms with Crippen LogP contribution in [0.15, 0.2) is 24.3 Å². The number of carbonyl (C=O) groups is 1. The Kier molecular flexibility index (Phi) is 8.07. The summed E-state index contributed by atoms with van der Waals surface area (Å²) >= 11 is 5.76. The fraction of sp³-hybridized carbons (Fsp3) is 0.533. The molecule has 112 valence electrons. The summed E-state index contributed by atoms with van der Waals surface area (Å²) in [6, 6.07) is 6.91. The number of benzene rings is 1. The molecule has 0 fully saturated rings. The van der Waals surface area contributed by atoms with Gasteiger partial charge in [-0.2, -0.15) is 0 Å². The molecule has 0 saturated carbocycles. The first kappa shape index (κ1) is 16.8. The van der Waals surface area contributed by atoms with Gasteiger partial charge in [-0.05, 0) is 30.7 Å². The monoisotopic (exact) mass is 299 g/mol. The summed E-state index contributed by atoms with van der Waals surface area (Å²) in [6.45, 7) is 3.21. The number of rotatable bonds is 9. The van der Waals surface area contributed by atoms with E-state index in [4.69, 9.17) is 21.1 Å². The third kappa shape index (κ3) is 5.80. The molecular formula is C15H22ClNO3. The Hall–Kier alpha value is -1.26. The number of carbonyl (C=O) groups excluding carboxylic acids is 1. The SMILES string of the molecule is CCCCOc1ccc(C(=O)NC(CCl)COC)cc1. The van der Waals surface area contributed by atoms with Crippen molar-refractivity contribution in [2.45, 2.75) is 25.8 Å². The highest BCUT2D eigenvalue weighted by atomic mass is 35.5. The Balaban J connectivity index is 2.52. The van der Waals surface area contributed by atoms with Crippen molar-refractivity contribution < 1.29 is 14.3 Å². The van der Waals surface area contributed by atoms with Crippen LogP contribution >= 0.6 is 11.6 Å². The summed E-state index contributed by atoms with van der Waals surface area (Å²) in [7, 11) is 1.58. The molecule has 1 atom stereocenters. The average molecular weight is 300 g/mol. The van der Waals surface area contributed by atoms with Crippen molar-refractivity contribution in [1.82, 2.24) is 5.32 Å². The van der Waals surface area contributed by atoms with E-state index >= 15 is 0 Å². The maximum atomic E-state index is 12.0. The van der Waals surface area contributed by atoms with Gasteiger partial charge in [0.15, 0.2) is 0 Å². The number of amides is 1. The molecule has 1 aromatic carbocycles. The van der Waals surface area contributed by atoms with Gasteiger partial charge in [-0.3, -0.25) is 4.79 Å². The summed E-state index contributed by atoms with van der Waals surface area (Å²) in [4.78, 5) is 12.0. The fourth-order valence-electron chi connectivity index (χ4n) is 1.63. The Morgan fingerprint density at radius 3 is 2.60 bits per heavy atom. The molecule has 0 bridgehead atoms. The first-order chi connectivity index (χ1) is 9.71. The first-order valence-electron chi connectivity index (χ1n) is 6.79. The summed E-state index contributed by atoms with van der Waals surface area (Å²) in [5.74, 6) is 0.936.